The molecule has 3 aromatic rings. The fourth-order valence-corrected chi connectivity index (χ4v) is 5.14. The number of benzene rings is 1. The van der Waals surface area contributed by atoms with Crippen molar-refractivity contribution in [3.05, 3.63) is 77.0 Å². The van der Waals surface area contributed by atoms with E-state index in [9.17, 15) is 0 Å². The van der Waals surface area contributed by atoms with Gasteiger partial charge in [0.2, 0.25) is 0 Å². The molecular weight excluding hydrogens is 396 g/mol. The number of furan rings is 1. The molecule has 0 radical (unpaired) electrons. The quantitative estimate of drug-likeness (QED) is 0.483. The van der Waals surface area contributed by atoms with Gasteiger partial charge < -0.3 is 4.42 Å². The van der Waals surface area contributed by atoms with Crippen LogP contribution in [0.1, 0.15) is 48.1 Å². The van der Waals surface area contributed by atoms with E-state index in [1.165, 1.54) is 24.0 Å². The highest BCUT2D eigenvalue weighted by molar-refractivity contribution is 5.18. The fraction of sp³-hybridized carbons (Fsp3) is 0.519. The maximum Gasteiger partial charge on any atom is 0.118 e. The van der Waals surface area contributed by atoms with Gasteiger partial charge in [0.1, 0.15) is 11.5 Å². The number of hydrogen-bond acceptors (Lipinski definition) is 4. The van der Waals surface area contributed by atoms with Crippen LogP contribution in [-0.4, -0.2) is 45.8 Å². The molecule has 1 atom stereocenters. The monoisotopic (exact) mass is 434 g/mol. The Balaban J connectivity index is 1.42. The molecule has 0 saturated carbocycles. The third kappa shape index (κ3) is 5.70. The summed E-state index contributed by atoms with van der Waals surface area (Å²) in [6.45, 7) is 8.41. The van der Waals surface area contributed by atoms with Gasteiger partial charge in [-0.25, -0.2) is 0 Å². The lowest BCUT2D eigenvalue weighted by Crippen LogP contribution is -2.45. The number of aromatic nitrogens is 2. The summed E-state index contributed by atoms with van der Waals surface area (Å²) in [4.78, 5) is 5.12. The van der Waals surface area contributed by atoms with E-state index < -0.39 is 0 Å². The maximum absolute atomic E-state index is 5.95. The number of rotatable bonds is 9. The Hall–Kier alpha value is -2.37. The summed E-state index contributed by atoms with van der Waals surface area (Å²) < 4.78 is 7.88. The first-order valence-electron chi connectivity index (χ1n) is 12.0. The molecule has 0 aliphatic carbocycles. The van der Waals surface area contributed by atoms with Crippen LogP contribution in [0.25, 0.3) is 0 Å². The third-order valence-electron chi connectivity index (χ3n) is 7.01. The van der Waals surface area contributed by atoms with Crippen LogP contribution in [0.4, 0.5) is 0 Å². The number of hydrogen-bond donors (Lipinski definition) is 0. The molecule has 0 spiro atoms. The van der Waals surface area contributed by atoms with Crippen molar-refractivity contribution in [3.63, 3.8) is 0 Å². The van der Waals surface area contributed by atoms with Crippen molar-refractivity contribution in [2.24, 2.45) is 13.0 Å². The highest BCUT2D eigenvalue weighted by Crippen LogP contribution is 2.28. The van der Waals surface area contributed by atoms with E-state index in [0.29, 0.717) is 12.0 Å². The van der Waals surface area contributed by atoms with E-state index in [0.717, 1.165) is 56.2 Å². The number of likely N-dealkylation sites (tertiary alicyclic amines) is 1. The standard InChI is InChI=1S/C27H38N4O/c1-5-25-11-12-26(32-25)20-31-15-13-23(14-16-31)27(17-22-9-7-6-8-10-22)29(3)18-24-19-30(4)28-21(24)2/h6-12,19,23,27H,5,13-18,20H2,1-4H3/t27-/m0/s1. The van der Waals surface area contributed by atoms with Crippen LogP contribution >= 0.6 is 0 Å². The van der Waals surface area contributed by atoms with Gasteiger partial charge in [0.25, 0.3) is 0 Å². The van der Waals surface area contributed by atoms with Gasteiger partial charge in [-0.3, -0.25) is 14.5 Å². The largest absolute Gasteiger partial charge is 0.465 e. The van der Waals surface area contributed by atoms with Crippen LogP contribution in [0.5, 0.6) is 0 Å². The second kappa shape index (κ2) is 10.5. The van der Waals surface area contributed by atoms with E-state index in [2.05, 4.69) is 84.5 Å². The molecule has 5 nitrogen and oxygen atoms in total. The molecule has 1 aliphatic rings. The van der Waals surface area contributed by atoms with Gasteiger partial charge >= 0.3 is 0 Å². The minimum atomic E-state index is 0.523. The first-order valence-corrected chi connectivity index (χ1v) is 12.0. The van der Waals surface area contributed by atoms with Gasteiger partial charge in [-0.15, -0.1) is 0 Å². The van der Waals surface area contributed by atoms with Gasteiger partial charge in [-0.2, -0.15) is 5.10 Å². The summed E-state index contributed by atoms with van der Waals surface area (Å²) in [5.74, 6) is 2.88. The Morgan fingerprint density at radius 2 is 1.81 bits per heavy atom. The normalized spacial score (nSPS) is 16.7. The Morgan fingerprint density at radius 1 is 1.09 bits per heavy atom. The average Bonchev–Trinajstić information content (AvgIpc) is 3.38. The molecule has 1 aliphatic heterocycles. The summed E-state index contributed by atoms with van der Waals surface area (Å²) in [6.07, 6.45) is 6.69. The minimum absolute atomic E-state index is 0.523. The van der Waals surface area contributed by atoms with E-state index >= 15 is 0 Å². The number of piperidine rings is 1. The second-order valence-electron chi connectivity index (χ2n) is 9.42. The molecule has 5 heteroatoms. The SMILES string of the molecule is CCc1ccc(CN2CCC([C@H](Cc3ccccc3)N(C)Cc3cn(C)nc3C)CC2)o1. The minimum Gasteiger partial charge on any atom is -0.465 e. The number of nitrogens with zero attached hydrogens (tertiary/aromatic N) is 4. The smallest absolute Gasteiger partial charge is 0.118 e. The molecule has 172 valence electrons. The van der Waals surface area contributed by atoms with E-state index in [1.54, 1.807) is 0 Å². The zero-order valence-electron chi connectivity index (χ0n) is 20.1. The van der Waals surface area contributed by atoms with Crippen molar-refractivity contribution in [2.45, 2.75) is 58.7 Å². The number of likely N-dealkylation sites (N-methyl/N-ethyl adjacent to an activating group) is 1. The molecule has 4 rings (SSSR count). The Labute approximate surface area is 193 Å². The predicted octanol–water partition coefficient (Wildman–Crippen LogP) is 4.84. The van der Waals surface area contributed by atoms with Crippen LogP contribution < -0.4 is 0 Å². The third-order valence-corrected chi connectivity index (χ3v) is 7.01. The molecule has 3 heterocycles. The summed E-state index contributed by atoms with van der Waals surface area (Å²) in [5.41, 5.74) is 3.89. The van der Waals surface area contributed by atoms with Gasteiger partial charge in [-0.05, 0) is 69.9 Å². The highest BCUT2D eigenvalue weighted by atomic mass is 16.3. The lowest BCUT2D eigenvalue weighted by Gasteiger charge is -2.40. The van der Waals surface area contributed by atoms with E-state index in [4.69, 9.17) is 4.42 Å². The molecule has 32 heavy (non-hydrogen) atoms. The number of aryl methyl sites for hydroxylation is 3. The van der Waals surface area contributed by atoms with Gasteiger partial charge in [-0.1, -0.05) is 37.3 Å². The summed E-state index contributed by atoms with van der Waals surface area (Å²) >= 11 is 0. The molecule has 0 amide bonds. The van der Waals surface area contributed by atoms with E-state index in [1.807, 2.05) is 11.7 Å². The predicted molar refractivity (Wildman–Crippen MR) is 129 cm³/mol. The van der Waals surface area contributed by atoms with Gasteiger partial charge in [0.05, 0.1) is 12.2 Å². The topological polar surface area (TPSA) is 37.4 Å². The fourth-order valence-electron chi connectivity index (χ4n) is 5.14. The van der Waals surface area contributed by atoms with Crippen molar-refractivity contribution in [1.82, 2.24) is 19.6 Å². The lowest BCUT2D eigenvalue weighted by atomic mass is 9.84. The Morgan fingerprint density at radius 3 is 2.44 bits per heavy atom. The Kier molecular flexibility index (Phi) is 7.48. The second-order valence-corrected chi connectivity index (χ2v) is 9.42. The van der Waals surface area contributed by atoms with Crippen molar-refractivity contribution in [1.29, 1.82) is 0 Å². The molecule has 1 aromatic carbocycles. The van der Waals surface area contributed by atoms with E-state index in [-0.39, 0.29) is 0 Å². The van der Waals surface area contributed by atoms with Crippen molar-refractivity contribution in [3.8, 4) is 0 Å². The molecule has 0 N–H and O–H groups in total. The molecule has 0 bridgehead atoms. The van der Waals surface area contributed by atoms with Gasteiger partial charge in [0.15, 0.2) is 0 Å². The maximum atomic E-state index is 5.95. The Bertz CT molecular complexity index is 969. The zero-order valence-corrected chi connectivity index (χ0v) is 20.1. The summed E-state index contributed by atoms with van der Waals surface area (Å²) in [5, 5.41) is 4.55. The average molecular weight is 435 g/mol. The summed E-state index contributed by atoms with van der Waals surface area (Å²) in [7, 11) is 4.30. The van der Waals surface area contributed by atoms with Crippen LogP contribution in [0, 0.1) is 12.8 Å². The van der Waals surface area contributed by atoms with Crippen LogP contribution in [0.2, 0.25) is 0 Å². The first kappa shape index (κ1) is 22.8. The van der Waals surface area contributed by atoms with Gasteiger partial charge in [0, 0.05) is 37.8 Å². The molecular formula is C27H38N4O. The van der Waals surface area contributed by atoms with Crippen molar-refractivity contribution in [2.75, 3.05) is 20.1 Å². The molecule has 2 aromatic heterocycles. The first-order chi connectivity index (χ1) is 15.5. The molecule has 1 saturated heterocycles. The molecule has 1 fully saturated rings. The highest BCUT2D eigenvalue weighted by Gasteiger charge is 2.30. The molecule has 0 unspecified atom stereocenters. The zero-order chi connectivity index (χ0) is 22.5. The lowest BCUT2D eigenvalue weighted by molar-refractivity contribution is 0.0919. The van der Waals surface area contributed by atoms with Crippen molar-refractivity contribution >= 4 is 0 Å². The van der Waals surface area contributed by atoms with Crippen molar-refractivity contribution < 1.29 is 4.42 Å². The van der Waals surface area contributed by atoms with Crippen LogP contribution in [0.3, 0.4) is 0 Å². The summed E-state index contributed by atoms with van der Waals surface area (Å²) in [6, 6.07) is 15.8. The van der Waals surface area contributed by atoms with Crippen LogP contribution in [0.15, 0.2) is 53.1 Å². The van der Waals surface area contributed by atoms with Crippen LogP contribution in [-0.2, 0) is 33.0 Å².